The van der Waals surface area contributed by atoms with Crippen molar-refractivity contribution in [2.75, 3.05) is 6.54 Å². The van der Waals surface area contributed by atoms with Crippen LogP contribution in [0.25, 0.3) is 0 Å². The number of aliphatic hydroxyl groups is 1. The molecule has 2 unspecified atom stereocenters. The quantitative estimate of drug-likeness (QED) is 0.313. The maximum Gasteiger partial charge on any atom is 0.300 e. The minimum Gasteiger partial charge on any atom is -0.481 e. The van der Waals surface area contributed by atoms with E-state index >= 15 is 0 Å². The van der Waals surface area contributed by atoms with Gasteiger partial charge in [0.05, 0.1) is 0 Å². The van der Waals surface area contributed by atoms with Gasteiger partial charge in [-0.1, -0.05) is 54.6 Å². The minimum atomic E-state index is -1.16. The summed E-state index contributed by atoms with van der Waals surface area (Å²) >= 11 is 0. The smallest absolute Gasteiger partial charge is 0.300 e. The van der Waals surface area contributed by atoms with Gasteiger partial charge in [-0.05, 0) is 24.0 Å². The van der Waals surface area contributed by atoms with E-state index in [0.29, 0.717) is 25.1 Å². The number of nitrogen functional groups attached to an aromatic ring is 1. The van der Waals surface area contributed by atoms with Crippen molar-refractivity contribution in [1.82, 2.24) is 10.2 Å². The van der Waals surface area contributed by atoms with Crippen LogP contribution in [0.15, 0.2) is 54.6 Å². The zero-order valence-electron chi connectivity index (χ0n) is 18.5. The molecule has 9 heteroatoms. The highest BCUT2D eigenvalue weighted by Crippen LogP contribution is 2.20. The van der Waals surface area contributed by atoms with Crippen molar-refractivity contribution < 1.29 is 24.6 Å². The maximum atomic E-state index is 12.7. The highest BCUT2D eigenvalue weighted by molar-refractivity contribution is 5.95. The summed E-state index contributed by atoms with van der Waals surface area (Å²) in [6.45, 7) is 1.87. The van der Waals surface area contributed by atoms with Crippen LogP contribution >= 0.6 is 0 Å². The fourth-order valence-electron chi connectivity index (χ4n) is 3.53. The van der Waals surface area contributed by atoms with Gasteiger partial charge in [-0.25, -0.2) is 0 Å². The van der Waals surface area contributed by atoms with E-state index in [1.165, 1.54) is 4.90 Å². The van der Waals surface area contributed by atoms with E-state index in [4.69, 9.17) is 21.0 Å². The maximum absolute atomic E-state index is 12.7. The van der Waals surface area contributed by atoms with Crippen LogP contribution in [0.3, 0.4) is 0 Å². The fraction of sp³-hybridized carbons (Fsp3) is 0.333. The molecule has 0 saturated carbocycles. The zero-order valence-corrected chi connectivity index (χ0v) is 18.5. The minimum absolute atomic E-state index is 0.00486. The number of carboxylic acid groups (broad SMARTS) is 1. The number of nitrogens with two attached hydrogens (primary N) is 1. The van der Waals surface area contributed by atoms with Gasteiger partial charge in [0.25, 0.3) is 11.9 Å². The van der Waals surface area contributed by atoms with Gasteiger partial charge in [0, 0.05) is 32.0 Å². The van der Waals surface area contributed by atoms with Gasteiger partial charge in [0.15, 0.2) is 0 Å². The number of likely N-dealkylation sites (tertiary alicyclic amines) is 1. The SMILES string of the molecule is CC(=O)O.N=C(N)c1ccc(CNC(=O)C2CCCN2C(=O)C(O)Cc2ccccc2)cc1. The Kier molecular flexibility index (Phi) is 9.56. The van der Waals surface area contributed by atoms with Crippen LogP contribution in [0.2, 0.25) is 0 Å². The van der Waals surface area contributed by atoms with Crippen LogP contribution in [-0.4, -0.2) is 57.4 Å². The molecule has 0 spiro atoms. The average molecular weight is 455 g/mol. The van der Waals surface area contributed by atoms with Gasteiger partial charge in [-0.2, -0.15) is 0 Å². The van der Waals surface area contributed by atoms with E-state index in [9.17, 15) is 14.7 Å². The Morgan fingerprint density at radius 2 is 1.73 bits per heavy atom. The predicted molar refractivity (Wildman–Crippen MR) is 124 cm³/mol. The van der Waals surface area contributed by atoms with Gasteiger partial charge >= 0.3 is 0 Å². The van der Waals surface area contributed by atoms with Crippen LogP contribution in [0.4, 0.5) is 0 Å². The summed E-state index contributed by atoms with van der Waals surface area (Å²) in [6.07, 6.45) is 0.381. The number of rotatable bonds is 7. The number of nitrogens with one attached hydrogen (secondary N) is 2. The number of aliphatic carboxylic acids is 1. The highest BCUT2D eigenvalue weighted by Gasteiger charge is 2.36. The topological polar surface area (TPSA) is 157 Å². The number of hydrogen-bond donors (Lipinski definition) is 5. The molecule has 0 radical (unpaired) electrons. The molecule has 2 aromatic carbocycles. The Labute approximate surface area is 192 Å². The molecule has 2 atom stereocenters. The van der Waals surface area contributed by atoms with Crippen LogP contribution in [0.5, 0.6) is 0 Å². The molecule has 6 N–H and O–H groups in total. The average Bonchev–Trinajstić information content (AvgIpc) is 3.27. The fourth-order valence-corrected chi connectivity index (χ4v) is 3.53. The standard InChI is InChI=1S/C22H26N4O3.C2H4O2/c23-20(24)17-10-8-16(9-11-17)14-25-21(28)18-7-4-12-26(18)22(29)19(27)13-15-5-2-1-3-6-15;1-2(3)4/h1-3,5-6,8-11,18-19,27H,4,7,12-14H2,(H3,23,24)(H,25,28);1H3,(H,3,4). The predicted octanol–water partition coefficient (Wildman–Crippen LogP) is 1.27. The van der Waals surface area contributed by atoms with Crippen LogP contribution < -0.4 is 11.1 Å². The number of carboxylic acids is 1. The summed E-state index contributed by atoms with van der Waals surface area (Å²) in [5.41, 5.74) is 7.82. The van der Waals surface area contributed by atoms with Crippen molar-refractivity contribution in [2.45, 2.75) is 44.9 Å². The van der Waals surface area contributed by atoms with Crippen molar-refractivity contribution in [3.63, 3.8) is 0 Å². The number of carbonyl (C=O) groups is 3. The molecule has 176 valence electrons. The third-order valence-electron chi connectivity index (χ3n) is 5.13. The molecular weight excluding hydrogens is 424 g/mol. The third-order valence-corrected chi connectivity index (χ3v) is 5.13. The normalized spacial score (nSPS) is 15.7. The lowest BCUT2D eigenvalue weighted by molar-refractivity contribution is -0.145. The largest absolute Gasteiger partial charge is 0.481 e. The lowest BCUT2D eigenvalue weighted by Crippen LogP contribution is -2.49. The Bertz CT molecular complexity index is 959. The molecule has 33 heavy (non-hydrogen) atoms. The molecule has 1 heterocycles. The van der Waals surface area contributed by atoms with Gasteiger partial charge < -0.3 is 26.2 Å². The summed E-state index contributed by atoms with van der Waals surface area (Å²) in [6, 6.07) is 15.8. The molecule has 1 fully saturated rings. The monoisotopic (exact) mass is 454 g/mol. The number of aliphatic hydroxyl groups excluding tert-OH is 1. The van der Waals surface area contributed by atoms with Crippen molar-refractivity contribution >= 4 is 23.6 Å². The highest BCUT2D eigenvalue weighted by atomic mass is 16.4. The van der Waals surface area contributed by atoms with E-state index in [1.54, 1.807) is 24.3 Å². The zero-order chi connectivity index (χ0) is 24.4. The molecule has 9 nitrogen and oxygen atoms in total. The van der Waals surface area contributed by atoms with Crippen molar-refractivity contribution in [3.8, 4) is 0 Å². The van der Waals surface area contributed by atoms with E-state index in [2.05, 4.69) is 5.32 Å². The number of nitrogens with zero attached hydrogens (tertiary/aromatic N) is 1. The first-order valence-electron chi connectivity index (χ1n) is 10.6. The van der Waals surface area contributed by atoms with Crippen LogP contribution in [0, 0.1) is 5.41 Å². The van der Waals surface area contributed by atoms with E-state index in [1.807, 2.05) is 30.3 Å². The second-order valence-corrected chi connectivity index (χ2v) is 7.74. The molecule has 1 aliphatic heterocycles. The molecule has 1 saturated heterocycles. The molecule has 2 amide bonds. The Balaban J connectivity index is 0.000000890. The lowest BCUT2D eigenvalue weighted by Gasteiger charge is -2.26. The Morgan fingerprint density at radius 3 is 2.30 bits per heavy atom. The number of amides is 2. The summed E-state index contributed by atoms with van der Waals surface area (Å²) < 4.78 is 0. The first-order valence-corrected chi connectivity index (χ1v) is 10.6. The third kappa shape index (κ3) is 8.04. The molecule has 0 bridgehead atoms. The second-order valence-electron chi connectivity index (χ2n) is 7.74. The number of amidine groups is 1. The number of hydrogen-bond acceptors (Lipinski definition) is 5. The molecular formula is C24H30N4O5. The van der Waals surface area contributed by atoms with Crippen molar-refractivity contribution in [1.29, 1.82) is 5.41 Å². The lowest BCUT2D eigenvalue weighted by atomic mass is 10.1. The molecule has 0 aromatic heterocycles. The number of carbonyl (C=O) groups excluding carboxylic acids is 2. The molecule has 3 rings (SSSR count). The van der Waals surface area contributed by atoms with Gasteiger partial charge in [-0.3, -0.25) is 19.8 Å². The van der Waals surface area contributed by atoms with Crippen molar-refractivity contribution in [2.24, 2.45) is 5.73 Å². The Morgan fingerprint density at radius 1 is 1.12 bits per heavy atom. The molecule has 1 aliphatic rings. The van der Waals surface area contributed by atoms with Gasteiger partial charge in [0.2, 0.25) is 5.91 Å². The van der Waals surface area contributed by atoms with E-state index in [-0.39, 0.29) is 18.2 Å². The van der Waals surface area contributed by atoms with Gasteiger partial charge in [0.1, 0.15) is 18.0 Å². The first kappa shape index (κ1) is 25.5. The molecule has 0 aliphatic carbocycles. The summed E-state index contributed by atoms with van der Waals surface area (Å²) in [5, 5.41) is 28.0. The van der Waals surface area contributed by atoms with Crippen molar-refractivity contribution in [3.05, 3.63) is 71.3 Å². The summed E-state index contributed by atoms with van der Waals surface area (Å²) in [5.74, 6) is -1.47. The van der Waals surface area contributed by atoms with Gasteiger partial charge in [-0.15, -0.1) is 0 Å². The second kappa shape index (κ2) is 12.4. The number of benzene rings is 2. The Hall–Kier alpha value is -3.72. The summed E-state index contributed by atoms with van der Waals surface area (Å²) in [4.78, 5) is 35.8. The first-order chi connectivity index (χ1) is 15.7. The van der Waals surface area contributed by atoms with E-state index in [0.717, 1.165) is 24.5 Å². The van der Waals surface area contributed by atoms with Crippen LogP contribution in [-0.2, 0) is 27.3 Å². The van der Waals surface area contributed by atoms with Crippen LogP contribution in [0.1, 0.15) is 36.5 Å². The molecule has 2 aromatic rings. The summed E-state index contributed by atoms with van der Waals surface area (Å²) in [7, 11) is 0. The van der Waals surface area contributed by atoms with E-state index < -0.39 is 24.0 Å².